The van der Waals surface area contributed by atoms with Crippen LogP contribution in [-0.2, 0) is 0 Å². The minimum atomic E-state index is -1.33. The van der Waals surface area contributed by atoms with E-state index in [2.05, 4.69) is 20.0 Å². The molecule has 2 aliphatic carbocycles. The van der Waals surface area contributed by atoms with Gasteiger partial charge in [0.15, 0.2) is 23.1 Å². The summed E-state index contributed by atoms with van der Waals surface area (Å²) in [5, 5.41) is 18.7. The average Bonchev–Trinajstić information content (AvgIpc) is 4.26. The van der Waals surface area contributed by atoms with Crippen LogP contribution in [0.15, 0.2) is 117 Å². The van der Waals surface area contributed by atoms with Crippen LogP contribution in [0.4, 0.5) is 20.2 Å². The molecule has 0 amide bonds. The molecule has 2 fully saturated rings. The average molecular weight is 1110 g/mol. The van der Waals surface area contributed by atoms with E-state index in [-0.39, 0.29) is 83.1 Å². The Bertz CT molecular complexity index is 2940. The zero-order valence-electron chi connectivity index (χ0n) is 36.8. The largest absolute Gasteiger partial charge is 3.00 e. The molecule has 2 aromatic carbocycles. The molecule has 2 saturated carbocycles. The number of rotatable bonds is 9. The number of aromatic carboxylic acids is 2. The van der Waals surface area contributed by atoms with E-state index in [0.29, 0.717) is 35.5 Å². The molecule has 0 bridgehead atoms. The van der Waals surface area contributed by atoms with E-state index in [1.807, 2.05) is 36.4 Å². The van der Waals surface area contributed by atoms with Crippen LogP contribution >= 0.6 is 0 Å². The summed E-state index contributed by atoms with van der Waals surface area (Å²) in [4.78, 5) is 68.3. The minimum Gasteiger partial charge on any atom is -0.492 e. The molecule has 16 nitrogen and oxygen atoms in total. The zero-order chi connectivity index (χ0) is 46.8. The van der Waals surface area contributed by atoms with E-state index < -0.39 is 34.4 Å². The molecule has 0 saturated heterocycles. The quantitative estimate of drug-likeness (QED) is 0.135. The monoisotopic (exact) mass is 1110 g/mol. The third-order valence-corrected chi connectivity index (χ3v) is 11.1. The summed E-state index contributed by atoms with van der Waals surface area (Å²) in [7, 11) is 2.83. The maximum Gasteiger partial charge on any atom is 3.00 e. The van der Waals surface area contributed by atoms with E-state index in [0.717, 1.165) is 49.2 Å². The third-order valence-electron chi connectivity index (χ3n) is 11.1. The molecule has 19 heteroatoms. The topological polar surface area (TPSA) is 194 Å². The van der Waals surface area contributed by atoms with Crippen LogP contribution < -0.4 is 30.1 Å². The Hall–Kier alpha value is -7.14. The molecule has 4 aromatic heterocycles. The molecule has 67 heavy (non-hydrogen) atoms. The van der Waals surface area contributed by atoms with Gasteiger partial charge in [-0.05, 0) is 75.9 Å². The van der Waals surface area contributed by atoms with E-state index in [1.165, 1.54) is 26.6 Å². The number of hydrogen-bond acceptors (Lipinski definition) is 12. The predicted molar refractivity (Wildman–Crippen MR) is 252 cm³/mol. The Balaban J connectivity index is 0.000000158. The fraction of sp³-hybridized carbons (Fsp3) is 0.250. The number of anilines is 2. The van der Waals surface area contributed by atoms with Crippen molar-refractivity contribution in [1.29, 1.82) is 0 Å². The summed E-state index contributed by atoms with van der Waals surface area (Å²) >= 11 is 0. The van der Waals surface area contributed by atoms with Crippen LogP contribution in [0.3, 0.4) is 0 Å². The second kappa shape index (κ2) is 20.2. The number of carboxylic acid groups (broad SMARTS) is 2. The molecule has 6 heterocycles. The number of aromatic nitrogens is 4. The van der Waals surface area contributed by atoms with Gasteiger partial charge < -0.3 is 38.6 Å². The van der Waals surface area contributed by atoms with Crippen molar-refractivity contribution in [3.8, 4) is 22.9 Å². The first-order valence-corrected chi connectivity index (χ1v) is 21.0. The first-order valence-electron chi connectivity index (χ1n) is 21.0. The molecule has 6 aromatic rings. The first-order chi connectivity index (χ1) is 31.8. The number of benzene rings is 2. The Morgan fingerprint density at radius 1 is 0.657 bits per heavy atom. The molecule has 0 spiro atoms. The maximum atomic E-state index is 15.0. The number of fused-ring (bicyclic) bond motifs is 2. The van der Waals surface area contributed by atoms with Crippen molar-refractivity contribution in [3.05, 3.63) is 140 Å². The molecule has 340 valence electrons. The first kappa shape index (κ1) is 47.8. The van der Waals surface area contributed by atoms with E-state index in [1.54, 1.807) is 70.0 Å². The smallest absolute Gasteiger partial charge is 0.492 e. The Morgan fingerprint density at radius 2 is 1.04 bits per heavy atom. The van der Waals surface area contributed by atoms with E-state index in [4.69, 9.17) is 9.47 Å². The predicted octanol–water partition coefficient (Wildman–Crippen LogP) is 7.63. The number of allylic oxidation sites excluding steroid dienone is 2. The van der Waals surface area contributed by atoms with Crippen molar-refractivity contribution in [3.63, 3.8) is 0 Å². The Kier molecular flexibility index (Phi) is 14.4. The van der Waals surface area contributed by atoms with E-state index >= 15 is 8.78 Å². The van der Waals surface area contributed by atoms with Crippen molar-refractivity contribution >= 4 is 83.8 Å². The van der Waals surface area contributed by atoms with Crippen LogP contribution in [0.2, 0.25) is 0 Å². The van der Waals surface area contributed by atoms with Crippen LogP contribution in [0, 0.1) is 11.6 Å². The summed E-state index contributed by atoms with van der Waals surface area (Å²) in [6.45, 7) is 4.31. The molecule has 2 radical (unpaired) electrons. The molecule has 10 rings (SSSR count). The summed E-state index contributed by atoms with van der Waals surface area (Å²) in [6, 6.07) is 13.9. The number of nitrogens with zero attached hydrogens (tertiary/aromatic N) is 8. The van der Waals surface area contributed by atoms with Gasteiger partial charge in [-0.1, -0.05) is 12.1 Å². The van der Waals surface area contributed by atoms with Gasteiger partial charge in [0.1, 0.15) is 22.5 Å². The standard InChI is InChI=1S/2C19H18FN3O4.C10H8N2.Bi/c2*1-10-8-22(6-5-21-10)16-14(20)7-12-15(18(16)27-2)23(11-3-4-11)9-13(17(12)24)19(25)26;1-3-7-11-9(5-1)10-6-2-4-8-12-10;/h2*5,7-9,11H,3-4,6H2,1-2H3,(H,25,26);1-8H;/q;;;+3. The molecule has 0 atom stereocenters. The Labute approximate surface area is 401 Å². The molecular formula is C48H44BiF2N8O8+3. The number of pyridine rings is 4. The minimum absolute atomic E-state index is 0. The van der Waals surface area contributed by atoms with Gasteiger partial charge in [-0.25, -0.2) is 18.4 Å². The van der Waals surface area contributed by atoms with Crippen LogP contribution in [0.5, 0.6) is 11.5 Å². The zero-order valence-corrected chi connectivity index (χ0v) is 40.2. The molecule has 2 aliphatic heterocycles. The molecule has 0 unspecified atom stereocenters. The van der Waals surface area contributed by atoms with Crippen molar-refractivity contribution in [2.24, 2.45) is 9.98 Å². The normalized spacial score (nSPS) is 15.1. The molecule has 4 aliphatic rings. The molecular weight excluding hydrogens is 1060 g/mol. The van der Waals surface area contributed by atoms with Gasteiger partial charge >= 0.3 is 38.1 Å². The second-order valence-corrected chi connectivity index (χ2v) is 15.8. The number of carbonyl (C=O) groups is 2. The summed E-state index contributed by atoms with van der Waals surface area (Å²) in [5.41, 5.74) is 2.31. The van der Waals surface area contributed by atoms with Crippen LogP contribution in [0.25, 0.3) is 33.2 Å². The van der Waals surface area contributed by atoms with Crippen molar-refractivity contribution in [2.45, 2.75) is 51.6 Å². The van der Waals surface area contributed by atoms with Gasteiger partial charge in [-0.3, -0.25) is 29.5 Å². The second-order valence-electron chi connectivity index (χ2n) is 15.8. The van der Waals surface area contributed by atoms with Gasteiger partial charge in [-0.2, -0.15) is 0 Å². The number of aliphatic imine (C=N–C) groups is 2. The fourth-order valence-corrected chi connectivity index (χ4v) is 7.90. The SMILES string of the molecule is COc1c(N2C=C(C)N=CC2)c(F)cc2c(=O)c(C(=O)O)cn(C3CC3)c12.COc1c(N2C=C(C)N=CC2)c(F)cc2c(=O)c(C(=O)O)cn(C3CC3)c12.[Bi+3].c1ccc(-c2ccccn2)nc1. The maximum absolute atomic E-state index is 15.0. The number of carboxylic acids is 2. The summed E-state index contributed by atoms with van der Waals surface area (Å²) < 4.78 is 44.6. The van der Waals surface area contributed by atoms with Crippen LogP contribution in [0.1, 0.15) is 72.3 Å². The van der Waals surface area contributed by atoms with Gasteiger partial charge in [0.25, 0.3) is 0 Å². The van der Waals surface area contributed by atoms with Gasteiger partial charge in [-0.15, -0.1) is 0 Å². The van der Waals surface area contributed by atoms with Crippen molar-refractivity contribution in [2.75, 3.05) is 37.1 Å². The Morgan fingerprint density at radius 3 is 1.34 bits per heavy atom. The number of halogens is 2. The number of hydrogen-bond donors (Lipinski definition) is 2. The van der Waals surface area contributed by atoms with Crippen LogP contribution in [-0.4, -0.2) is 107 Å². The van der Waals surface area contributed by atoms with Crippen molar-refractivity contribution in [1.82, 2.24) is 19.1 Å². The third kappa shape index (κ3) is 9.87. The summed E-state index contributed by atoms with van der Waals surface area (Å²) in [5.74, 6) is -3.53. The van der Waals surface area contributed by atoms with E-state index in [9.17, 15) is 29.4 Å². The summed E-state index contributed by atoms with van der Waals surface area (Å²) in [6.07, 6.45) is 16.4. The van der Waals surface area contributed by atoms with Gasteiger partial charge in [0.2, 0.25) is 10.9 Å². The van der Waals surface area contributed by atoms with Crippen molar-refractivity contribution < 1.29 is 38.1 Å². The van der Waals surface area contributed by atoms with Gasteiger partial charge in [0, 0.05) is 61.7 Å². The number of ether oxygens (including phenoxy) is 2. The fourth-order valence-electron chi connectivity index (χ4n) is 7.90. The molecule has 2 N–H and O–H groups in total. The van der Waals surface area contributed by atoms with Gasteiger partial charge in [0.05, 0.1) is 71.9 Å². The number of methoxy groups -OCH3 is 2.